The van der Waals surface area contributed by atoms with E-state index in [1.54, 1.807) is 18.3 Å². The van der Waals surface area contributed by atoms with Crippen LogP contribution in [0.5, 0.6) is 5.75 Å². The fourth-order valence-corrected chi connectivity index (χ4v) is 4.67. The smallest absolute Gasteiger partial charge is 0.263 e. The molecule has 1 unspecified atom stereocenters. The van der Waals surface area contributed by atoms with E-state index in [0.29, 0.717) is 5.75 Å². The summed E-state index contributed by atoms with van der Waals surface area (Å²) in [6, 6.07) is 11.1. The number of amides is 1. The number of halogens is 1. The summed E-state index contributed by atoms with van der Waals surface area (Å²) in [7, 11) is 0. The van der Waals surface area contributed by atoms with Crippen LogP contribution in [-0.2, 0) is 4.79 Å². The molecule has 0 bridgehead atoms. The normalized spacial score (nSPS) is 17.6. The lowest BCUT2D eigenvalue weighted by Crippen LogP contribution is -2.47. The Morgan fingerprint density at radius 3 is 2.61 bits per heavy atom. The molecule has 1 amide bonds. The minimum atomic E-state index is -0.553. The molecular formula is C26H29FN2O2. The van der Waals surface area contributed by atoms with Crippen molar-refractivity contribution in [1.82, 2.24) is 9.88 Å². The molecule has 2 aromatic carbocycles. The van der Waals surface area contributed by atoms with Crippen molar-refractivity contribution in [3.63, 3.8) is 0 Å². The summed E-state index contributed by atoms with van der Waals surface area (Å²) < 4.78 is 19.8. The first-order valence-electron chi connectivity index (χ1n) is 11.0. The number of hydrogen-bond donors (Lipinski definition) is 0. The summed E-state index contributed by atoms with van der Waals surface area (Å²) >= 11 is 0. The molecule has 0 aliphatic carbocycles. The number of hydrogen-bond acceptors (Lipinski definition) is 3. The van der Waals surface area contributed by atoms with Gasteiger partial charge in [0.25, 0.3) is 5.91 Å². The van der Waals surface area contributed by atoms with Gasteiger partial charge in [-0.3, -0.25) is 9.78 Å². The summed E-state index contributed by atoms with van der Waals surface area (Å²) in [6.07, 6.45) is 4.47. The van der Waals surface area contributed by atoms with E-state index in [0.717, 1.165) is 52.5 Å². The van der Waals surface area contributed by atoms with E-state index in [1.807, 2.05) is 49.9 Å². The lowest BCUT2D eigenvalue weighted by Gasteiger charge is -2.35. The van der Waals surface area contributed by atoms with E-state index in [2.05, 4.69) is 11.9 Å². The average Bonchev–Trinajstić information content (AvgIpc) is 2.73. The summed E-state index contributed by atoms with van der Waals surface area (Å²) in [6.45, 7) is 8.55. The maximum atomic E-state index is 13.8. The number of rotatable bonds is 4. The Hall–Kier alpha value is -2.95. The summed E-state index contributed by atoms with van der Waals surface area (Å²) in [5, 5.41) is 0.969. The van der Waals surface area contributed by atoms with E-state index in [-0.39, 0.29) is 17.8 Å². The third-order valence-electron chi connectivity index (χ3n) is 6.23. The highest BCUT2D eigenvalue weighted by atomic mass is 19.1. The molecule has 1 aliphatic heterocycles. The number of fused-ring (bicyclic) bond motifs is 1. The van der Waals surface area contributed by atoms with Crippen molar-refractivity contribution in [1.29, 1.82) is 0 Å². The third kappa shape index (κ3) is 4.27. The van der Waals surface area contributed by atoms with Gasteiger partial charge in [-0.25, -0.2) is 4.39 Å². The molecule has 4 nitrogen and oxygen atoms in total. The number of carbonyl (C=O) groups is 1. The summed E-state index contributed by atoms with van der Waals surface area (Å²) in [5.41, 5.74) is 4.59. The van der Waals surface area contributed by atoms with Gasteiger partial charge in [0.2, 0.25) is 0 Å². The second-order valence-corrected chi connectivity index (χ2v) is 8.59. The maximum absolute atomic E-state index is 13.8. The number of nitrogens with zero attached hydrogens (tertiary/aromatic N) is 2. The quantitative estimate of drug-likeness (QED) is 0.534. The Labute approximate surface area is 183 Å². The van der Waals surface area contributed by atoms with Gasteiger partial charge in [0.1, 0.15) is 11.6 Å². The Morgan fingerprint density at radius 2 is 1.90 bits per heavy atom. The highest BCUT2D eigenvalue weighted by Crippen LogP contribution is 2.34. The van der Waals surface area contributed by atoms with Gasteiger partial charge < -0.3 is 9.64 Å². The van der Waals surface area contributed by atoms with Crippen LogP contribution in [0, 0.1) is 19.7 Å². The topological polar surface area (TPSA) is 42.4 Å². The van der Waals surface area contributed by atoms with Crippen LogP contribution in [0.15, 0.2) is 42.6 Å². The van der Waals surface area contributed by atoms with Gasteiger partial charge in [-0.1, -0.05) is 0 Å². The number of pyridine rings is 1. The molecule has 4 rings (SSSR count). The molecule has 1 aliphatic rings. The molecule has 0 N–H and O–H groups in total. The van der Waals surface area contributed by atoms with Crippen molar-refractivity contribution in [3.8, 4) is 16.9 Å². The third-order valence-corrected chi connectivity index (χ3v) is 6.23. The molecule has 162 valence electrons. The molecular weight excluding hydrogens is 391 g/mol. The number of carbonyl (C=O) groups excluding carboxylic acids is 1. The van der Waals surface area contributed by atoms with Crippen LogP contribution in [0.25, 0.3) is 22.0 Å². The van der Waals surface area contributed by atoms with Gasteiger partial charge in [0.05, 0.1) is 5.52 Å². The van der Waals surface area contributed by atoms with Gasteiger partial charge in [0, 0.05) is 30.2 Å². The molecule has 31 heavy (non-hydrogen) atoms. The molecule has 0 spiro atoms. The predicted octanol–water partition coefficient (Wildman–Crippen LogP) is 5.83. The van der Waals surface area contributed by atoms with Crippen LogP contribution in [0.4, 0.5) is 4.39 Å². The average molecular weight is 421 g/mol. The van der Waals surface area contributed by atoms with Crippen molar-refractivity contribution in [2.45, 2.75) is 59.1 Å². The van der Waals surface area contributed by atoms with Crippen LogP contribution in [0.1, 0.15) is 44.2 Å². The molecule has 0 saturated carbocycles. The van der Waals surface area contributed by atoms with Crippen molar-refractivity contribution in [2.24, 2.45) is 0 Å². The zero-order valence-corrected chi connectivity index (χ0v) is 18.6. The SMILES string of the molecule is Cc1cc(F)cc(C)c1-c1ccnc2cc(OC(C)C(=O)N3CCCC[C@H]3C)ccc12. The Morgan fingerprint density at radius 1 is 1.16 bits per heavy atom. The lowest BCUT2D eigenvalue weighted by atomic mass is 9.93. The molecule has 2 heterocycles. The van der Waals surface area contributed by atoms with E-state index in [9.17, 15) is 9.18 Å². The maximum Gasteiger partial charge on any atom is 0.263 e. The first-order chi connectivity index (χ1) is 14.8. The fourth-order valence-electron chi connectivity index (χ4n) is 4.67. The van der Waals surface area contributed by atoms with Gasteiger partial charge in [0.15, 0.2) is 6.10 Å². The van der Waals surface area contributed by atoms with E-state index in [4.69, 9.17) is 4.74 Å². The number of piperidine rings is 1. The molecule has 1 saturated heterocycles. The number of benzene rings is 2. The monoisotopic (exact) mass is 420 g/mol. The van der Waals surface area contributed by atoms with Crippen molar-refractivity contribution < 1.29 is 13.9 Å². The Bertz CT molecular complexity index is 1100. The summed E-state index contributed by atoms with van der Waals surface area (Å²) in [5.74, 6) is 0.427. The van der Waals surface area contributed by atoms with Crippen LogP contribution >= 0.6 is 0 Å². The minimum absolute atomic E-state index is 0.0339. The number of aromatic nitrogens is 1. The highest BCUT2D eigenvalue weighted by Gasteiger charge is 2.28. The number of aryl methyl sites for hydroxylation is 2. The molecule has 0 radical (unpaired) electrons. The lowest BCUT2D eigenvalue weighted by molar-refractivity contribution is -0.141. The Balaban J connectivity index is 1.62. The first-order valence-corrected chi connectivity index (χ1v) is 11.0. The zero-order valence-electron chi connectivity index (χ0n) is 18.6. The van der Waals surface area contributed by atoms with E-state index in [1.165, 1.54) is 6.42 Å². The van der Waals surface area contributed by atoms with Gasteiger partial charge in [-0.15, -0.1) is 0 Å². The molecule has 1 aromatic heterocycles. The standard InChI is InChI=1S/C26H29FN2O2/c1-16-13-20(27)14-17(2)25(16)23-10-11-28-24-15-21(8-9-22(23)24)31-19(4)26(30)29-12-6-5-7-18(29)3/h8-11,13-15,18-19H,5-7,12H2,1-4H3/t18-,19?/m1/s1. The predicted molar refractivity (Wildman–Crippen MR) is 122 cm³/mol. The molecule has 3 aromatic rings. The number of likely N-dealkylation sites (tertiary alicyclic amines) is 1. The van der Waals surface area contributed by atoms with Crippen LogP contribution in [0.2, 0.25) is 0 Å². The van der Waals surface area contributed by atoms with Gasteiger partial charge in [-0.2, -0.15) is 0 Å². The van der Waals surface area contributed by atoms with Gasteiger partial charge in [-0.05, 0) is 99.5 Å². The molecule has 2 atom stereocenters. The largest absolute Gasteiger partial charge is 0.481 e. The molecule has 1 fully saturated rings. The fraction of sp³-hybridized carbons (Fsp3) is 0.385. The van der Waals surface area contributed by atoms with Crippen LogP contribution in [-0.4, -0.2) is 34.5 Å². The number of ether oxygens (including phenoxy) is 1. The van der Waals surface area contributed by atoms with Crippen molar-refractivity contribution >= 4 is 16.8 Å². The summed E-state index contributed by atoms with van der Waals surface area (Å²) in [4.78, 5) is 19.3. The molecule has 5 heteroatoms. The highest BCUT2D eigenvalue weighted by molar-refractivity contribution is 5.96. The van der Waals surface area contributed by atoms with Crippen molar-refractivity contribution in [2.75, 3.05) is 6.54 Å². The minimum Gasteiger partial charge on any atom is -0.481 e. The van der Waals surface area contributed by atoms with Crippen LogP contribution < -0.4 is 4.74 Å². The Kier molecular flexibility index (Phi) is 5.94. The first kappa shape index (κ1) is 21.3. The second kappa shape index (κ2) is 8.66. The van der Waals surface area contributed by atoms with Gasteiger partial charge >= 0.3 is 0 Å². The van der Waals surface area contributed by atoms with E-state index < -0.39 is 6.10 Å². The zero-order chi connectivity index (χ0) is 22.1. The van der Waals surface area contributed by atoms with E-state index >= 15 is 0 Å². The van der Waals surface area contributed by atoms with Crippen molar-refractivity contribution in [3.05, 3.63) is 59.5 Å². The van der Waals surface area contributed by atoms with Crippen LogP contribution in [0.3, 0.4) is 0 Å². The second-order valence-electron chi connectivity index (χ2n) is 8.59.